The lowest BCUT2D eigenvalue weighted by molar-refractivity contribution is 0.0699. The second kappa shape index (κ2) is 5.40. The van der Waals surface area contributed by atoms with Crippen molar-refractivity contribution in [1.29, 1.82) is 0 Å². The van der Waals surface area contributed by atoms with E-state index in [0.717, 1.165) is 18.5 Å². The van der Waals surface area contributed by atoms with Gasteiger partial charge in [-0.05, 0) is 31.0 Å². The summed E-state index contributed by atoms with van der Waals surface area (Å²) in [6.07, 6.45) is 2.61. The Hall–Kier alpha value is -2.62. The van der Waals surface area contributed by atoms with Gasteiger partial charge in [-0.25, -0.2) is 9.78 Å². The fraction of sp³-hybridized carbons (Fsp3) is 0.176. The molecule has 0 unspecified atom stereocenters. The molecule has 1 heterocycles. The minimum atomic E-state index is -0.940. The lowest BCUT2D eigenvalue weighted by atomic mass is 10.1. The molecule has 0 aliphatic rings. The van der Waals surface area contributed by atoms with Gasteiger partial charge in [0.25, 0.3) is 0 Å². The Morgan fingerprint density at radius 2 is 2.05 bits per heavy atom. The molecular weight excluding hydrogens is 264 g/mol. The first-order chi connectivity index (χ1) is 10.1. The lowest BCUT2D eigenvalue weighted by Gasteiger charge is -2.06. The monoisotopic (exact) mass is 280 g/mol. The number of fused-ring (bicyclic) bond motifs is 1. The summed E-state index contributed by atoms with van der Waals surface area (Å²) >= 11 is 0. The highest BCUT2D eigenvalue weighted by atomic mass is 16.4. The van der Waals surface area contributed by atoms with Gasteiger partial charge < -0.3 is 9.67 Å². The topological polar surface area (TPSA) is 55.1 Å². The largest absolute Gasteiger partial charge is 0.478 e. The van der Waals surface area contributed by atoms with Gasteiger partial charge in [0.15, 0.2) is 0 Å². The van der Waals surface area contributed by atoms with Crippen LogP contribution in [0.4, 0.5) is 0 Å². The molecule has 4 nitrogen and oxygen atoms in total. The molecule has 0 spiro atoms. The SMILES string of the molecule is Cc1cccc(CCn2cnc3c(C(=O)O)cccc32)c1. The summed E-state index contributed by atoms with van der Waals surface area (Å²) < 4.78 is 2.00. The van der Waals surface area contributed by atoms with Crippen LogP contribution in [-0.4, -0.2) is 20.6 Å². The number of aryl methyl sites for hydroxylation is 3. The Balaban J connectivity index is 1.88. The Morgan fingerprint density at radius 3 is 2.81 bits per heavy atom. The van der Waals surface area contributed by atoms with Crippen molar-refractivity contribution in [2.75, 3.05) is 0 Å². The smallest absolute Gasteiger partial charge is 0.337 e. The molecule has 0 atom stereocenters. The quantitative estimate of drug-likeness (QED) is 0.798. The number of aromatic nitrogens is 2. The molecule has 0 aliphatic carbocycles. The van der Waals surface area contributed by atoms with Gasteiger partial charge in [-0.2, -0.15) is 0 Å². The maximum Gasteiger partial charge on any atom is 0.337 e. The second-order valence-corrected chi connectivity index (χ2v) is 5.16. The lowest BCUT2D eigenvalue weighted by Crippen LogP contribution is -2.01. The number of carbonyl (C=O) groups is 1. The molecule has 4 heteroatoms. The molecule has 0 saturated carbocycles. The number of benzene rings is 2. The first-order valence-electron chi connectivity index (χ1n) is 6.88. The molecule has 1 aromatic heterocycles. The number of hydrogen-bond acceptors (Lipinski definition) is 2. The van der Waals surface area contributed by atoms with Crippen molar-refractivity contribution in [2.24, 2.45) is 0 Å². The molecule has 1 N–H and O–H groups in total. The van der Waals surface area contributed by atoms with E-state index in [2.05, 4.69) is 36.2 Å². The van der Waals surface area contributed by atoms with E-state index in [1.807, 2.05) is 10.6 Å². The maximum atomic E-state index is 11.2. The first-order valence-corrected chi connectivity index (χ1v) is 6.88. The number of aromatic carboxylic acids is 1. The van der Waals surface area contributed by atoms with E-state index in [1.54, 1.807) is 18.5 Å². The molecule has 21 heavy (non-hydrogen) atoms. The van der Waals surface area contributed by atoms with Crippen molar-refractivity contribution < 1.29 is 9.90 Å². The van der Waals surface area contributed by atoms with E-state index in [0.29, 0.717) is 5.52 Å². The molecule has 0 radical (unpaired) electrons. The maximum absolute atomic E-state index is 11.2. The van der Waals surface area contributed by atoms with E-state index in [9.17, 15) is 9.90 Å². The minimum absolute atomic E-state index is 0.252. The zero-order valence-electron chi connectivity index (χ0n) is 11.8. The van der Waals surface area contributed by atoms with Crippen LogP contribution in [0.15, 0.2) is 48.8 Å². The molecule has 0 aliphatic heterocycles. The number of carboxylic acids is 1. The third-order valence-corrected chi connectivity index (χ3v) is 3.60. The summed E-state index contributed by atoms with van der Waals surface area (Å²) in [5.41, 5.74) is 4.18. The van der Waals surface area contributed by atoms with Gasteiger partial charge in [0.2, 0.25) is 0 Å². The van der Waals surface area contributed by atoms with Gasteiger partial charge in [0.1, 0.15) is 5.52 Å². The van der Waals surface area contributed by atoms with E-state index in [4.69, 9.17) is 0 Å². The van der Waals surface area contributed by atoms with Crippen LogP contribution < -0.4 is 0 Å². The van der Waals surface area contributed by atoms with Crippen LogP contribution in [0.1, 0.15) is 21.5 Å². The highest BCUT2D eigenvalue weighted by Gasteiger charge is 2.12. The van der Waals surface area contributed by atoms with E-state index < -0.39 is 5.97 Å². The van der Waals surface area contributed by atoms with Gasteiger partial charge in [0, 0.05) is 6.54 Å². The number of imidazole rings is 1. The number of hydrogen-bond donors (Lipinski definition) is 1. The average Bonchev–Trinajstić information content (AvgIpc) is 2.88. The summed E-state index contributed by atoms with van der Waals surface area (Å²) in [6, 6.07) is 13.7. The van der Waals surface area contributed by atoms with Gasteiger partial charge in [-0.15, -0.1) is 0 Å². The van der Waals surface area contributed by atoms with Crippen molar-refractivity contribution in [2.45, 2.75) is 19.9 Å². The molecule has 0 bridgehead atoms. The van der Waals surface area contributed by atoms with Crippen molar-refractivity contribution in [3.8, 4) is 0 Å². The van der Waals surface area contributed by atoms with Gasteiger partial charge in [-0.3, -0.25) is 0 Å². The third-order valence-electron chi connectivity index (χ3n) is 3.60. The van der Waals surface area contributed by atoms with Crippen molar-refractivity contribution >= 4 is 17.0 Å². The first kappa shape index (κ1) is 13.4. The van der Waals surface area contributed by atoms with Crippen molar-refractivity contribution in [3.63, 3.8) is 0 Å². The number of carboxylic acid groups (broad SMARTS) is 1. The Bertz CT molecular complexity index is 805. The van der Waals surface area contributed by atoms with E-state index >= 15 is 0 Å². The fourth-order valence-electron chi connectivity index (χ4n) is 2.56. The second-order valence-electron chi connectivity index (χ2n) is 5.16. The van der Waals surface area contributed by atoms with Gasteiger partial charge in [0.05, 0.1) is 17.4 Å². The predicted octanol–water partition coefficient (Wildman–Crippen LogP) is 3.29. The van der Waals surface area contributed by atoms with Crippen LogP contribution in [0.3, 0.4) is 0 Å². The standard InChI is InChI=1S/C17H16N2O2/c1-12-4-2-5-13(10-12)8-9-19-11-18-16-14(17(20)21)6-3-7-15(16)19/h2-7,10-11H,8-9H2,1H3,(H,20,21). The van der Waals surface area contributed by atoms with Crippen LogP contribution in [0.5, 0.6) is 0 Å². The molecule has 0 amide bonds. The van der Waals surface area contributed by atoms with Crippen molar-refractivity contribution in [1.82, 2.24) is 9.55 Å². The third kappa shape index (κ3) is 2.65. The molecule has 2 aromatic carbocycles. The van der Waals surface area contributed by atoms with E-state index in [-0.39, 0.29) is 5.56 Å². The minimum Gasteiger partial charge on any atom is -0.478 e. The highest BCUT2D eigenvalue weighted by Crippen LogP contribution is 2.18. The zero-order valence-corrected chi connectivity index (χ0v) is 11.8. The fourth-order valence-corrected chi connectivity index (χ4v) is 2.56. The molecule has 0 saturated heterocycles. The Labute approximate surface area is 122 Å². The highest BCUT2D eigenvalue weighted by molar-refractivity contribution is 6.00. The Morgan fingerprint density at radius 1 is 1.24 bits per heavy atom. The zero-order chi connectivity index (χ0) is 14.8. The van der Waals surface area contributed by atoms with Crippen LogP contribution in [-0.2, 0) is 13.0 Å². The van der Waals surface area contributed by atoms with Crippen LogP contribution in [0, 0.1) is 6.92 Å². The van der Waals surface area contributed by atoms with Gasteiger partial charge in [-0.1, -0.05) is 35.9 Å². The number of rotatable bonds is 4. The van der Waals surface area contributed by atoms with Crippen LogP contribution in [0.25, 0.3) is 11.0 Å². The number of para-hydroxylation sites is 1. The van der Waals surface area contributed by atoms with Crippen molar-refractivity contribution in [3.05, 3.63) is 65.5 Å². The molecule has 106 valence electrons. The van der Waals surface area contributed by atoms with Crippen LogP contribution >= 0.6 is 0 Å². The molecule has 3 aromatic rings. The average molecular weight is 280 g/mol. The summed E-state index contributed by atoms with van der Waals surface area (Å²) in [7, 11) is 0. The predicted molar refractivity (Wildman–Crippen MR) is 81.6 cm³/mol. The normalized spacial score (nSPS) is 10.9. The van der Waals surface area contributed by atoms with E-state index in [1.165, 1.54) is 11.1 Å². The molecular formula is C17H16N2O2. The van der Waals surface area contributed by atoms with Gasteiger partial charge >= 0.3 is 5.97 Å². The van der Waals surface area contributed by atoms with Crippen LogP contribution in [0.2, 0.25) is 0 Å². The summed E-state index contributed by atoms with van der Waals surface area (Å²) in [5, 5.41) is 9.18. The summed E-state index contributed by atoms with van der Waals surface area (Å²) in [6.45, 7) is 2.86. The Kier molecular flexibility index (Phi) is 3.44. The molecule has 3 rings (SSSR count). The summed E-state index contributed by atoms with van der Waals surface area (Å²) in [5.74, 6) is -0.940. The molecule has 0 fully saturated rings. The summed E-state index contributed by atoms with van der Waals surface area (Å²) in [4.78, 5) is 15.4. The number of nitrogens with zero attached hydrogens (tertiary/aromatic N) is 2.